The molecule has 1 amide bonds. The Hall–Kier alpha value is -2.05. The van der Waals surface area contributed by atoms with Crippen LogP contribution in [0.4, 0.5) is 0 Å². The molecule has 5 nitrogen and oxygen atoms in total. The van der Waals surface area contributed by atoms with Crippen LogP contribution < -0.4 is 15.4 Å². The van der Waals surface area contributed by atoms with Gasteiger partial charge >= 0.3 is 0 Å². The van der Waals surface area contributed by atoms with Gasteiger partial charge in [-0.1, -0.05) is 11.8 Å². The first-order valence-electron chi connectivity index (χ1n) is 8.56. The summed E-state index contributed by atoms with van der Waals surface area (Å²) in [5, 5.41) is 7.61. The minimum atomic E-state index is 0.0125. The zero-order chi connectivity index (χ0) is 17.2. The monoisotopic (exact) mass is 355 g/mol. The number of aromatic nitrogens is 1. The van der Waals surface area contributed by atoms with E-state index in [-0.39, 0.29) is 11.9 Å². The van der Waals surface area contributed by atoms with Crippen molar-refractivity contribution in [1.29, 1.82) is 0 Å². The van der Waals surface area contributed by atoms with Crippen molar-refractivity contribution in [2.75, 3.05) is 7.11 Å². The number of benzene rings is 1. The number of hydrogen-bond donors (Lipinski definition) is 2. The molecule has 2 N–H and O–H groups in total. The molecular formula is C19H21N3O2S. The zero-order valence-corrected chi connectivity index (χ0v) is 14.9. The zero-order valence-electron chi connectivity index (χ0n) is 14.1. The van der Waals surface area contributed by atoms with E-state index >= 15 is 0 Å². The molecule has 2 saturated heterocycles. The van der Waals surface area contributed by atoms with Crippen molar-refractivity contribution in [3.05, 3.63) is 48.2 Å². The van der Waals surface area contributed by atoms with Crippen LogP contribution >= 0.6 is 11.8 Å². The van der Waals surface area contributed by atoms with Crippen LogP contribution in [0.15, 0.2) is 52.5 Å². The molecule has 4 rings (SSSR count). The molecular weight excluding hydrogens is 334 g/mol. The van der Waals surface area contributed by atoms with Crippen molar-refractivity contribution in [1.82, 2.24) is 15.6 Å². The summed E-state index contributed by atoms with van der Waals surface area (Å²) < 4.78 is 5.11. The van der Waals surface area contributed by atoms with Crippen molar-refractivity contribution in [2.45, 2.75) is 47.3 Å². The van der Waals surface area contributed by atoms with E-state index in [0.29, 0.717) is 17.6 Å². The van der Waals surface area contributed by atoms with Crippen LogP contribution in [0.3, 0.4) is 0 Å². The van der Waals surface area contributed by atoms with Gasteiger partial charge in [0.2, 0.25) is 0 Å². The topological polar surface area (TPSA) is 63.2 Å². The van der Waals surface area contributed by atoms with Crippen LogP contribution in [0.5, 0.6) is 5.75 Å². The van der Waals surface area contributed by atoms with Crippen LogP contribution in [-0.2, 0) is 0 Å². The standard InChI is InChI=1S/C19H21N3O2S/c1-24-14-5-9-18(20-11-14)25-15-6-2-12(3-7-15)19(23)22-17-10-13-4-8-16(17)21-13/h2-3,5-7,9,11,13,16-17,21H,4,8,10H2,1H3,(H,22,23)/t13-,16+,17-/m1/s1. The first-order valence-corrected chi connectivity index (χ1v) is 9.38. The maximum atomic E-state index is 12.4. The molecule has 0 aliphatic carbocycles. The van der Waals surface area contributed by atoms with Gasteiger partial charge in [-0.25, -0.2) is 4.98 Å². The lowest BCUT2D eigenvalue weighted by molar-refractivity contribution is 0.0931. The summed E-state index contributed by atoms with van der Waals surface area (Å²) in [6.07, 6.45) is 5.16. The third kappa shape index (κ3) is 3.65. The number of nitrogens with zero attached hydrogens (tertiary/aromatic N) is 1. The Bertz CT molecular complexity index is 748. The molecule has 130 valence electrons. The molecule has 2 aliphatic rings. The molecule has 6 heteroatoms. The number of carbonyl (C=O) groups excluding carboxylic acids is 1. The summed E-state index contributed by atoms with van der Waals surface area (Å²) in [7, 11) is 1.63. The fourth-order valence-electron chi connectivity index (χ4n) is 3.58. The van der Waals surface area contributed by atoms with Gasteiger partial charge in [-0.3, -0.25) is 4.79 Å². The second-order valence-corrected chi connectivity index (χ2v) is 7.62. The average molecular weight is 355 g/mol. The molecule has 2 bridgehead atoms. The number of carbonyl (C=O) groups is 1. The van der Waals surface area contributed by atoms with Crippen molar-refractivity contribution >= 4 is 17.7 Å². The van der Waals surface area contributed by atoms with Gasteiger partial charge in [0.15, 0.2) is 0 Å². The second-order valence-electron chi connectivity index (χ2n) is 6.53. The number of rotatable bonds is 5. The molecule has 0 saturated carbocycles. The van der Waals surface area contributed by atoms with Gasteiger partial charge in [0, 0.05) is 28.6 Å². The predicted octanol–water partition coefficient (Wildman–Crippen LogP) is 2.86. The molecule has 0 unspecified atom stereocenters. The molecule has 1 aromatic carbocycles. The Morgan fingerprint density at radius 2 is 2.08 bits per heavy atom. The summed E-state index contributed by atoms with van der Waals surface area (Å²) >= 11 is 1.56. The highest BCUT2D eigenvalue weighted by molar-refractivity contribution is 7.99. The van der Waals surface area contributed by atoms with Crippen molar-refractivity contribution in [3.63, 3.8) is 0 Å². The third-order valence-corrected chi connectivity index (χ3v) is 5.86. The Labute approximate surface area is 151 Å². The number of hydrogen-bond acceptors (Lipinski definition) is 5. The first kappa shape index (κ1) is 16.4. The maximum absolute atomic E-state index is 12.4. The normalized spacial score (nSPS) is 24.3. The summed E-state index contributed by atoms with van der Waals surface area (Å²) in [6, 6.07) is 12.8. The largest absolute Gasteiger partial charge is 0.495 e. The van der Waals surface area contributed by atoms with Gasteiger partial charge < -0.3 is 15.4 Å². The SMILES string of the molecule is COc1ccc(Sc2ccc(C(=O)N[C@@H]3C[C@H]4CC[C@@H]3N4)cc2)nc1. The summed E-state index contributed by atoms with van der Waals surface area (Å²) in [4.78, 5) is 17.8. The molecule has 2 aliphatic heterocycles. The lowest BCUT2D eigenvalue weighted by Gasteiger charge is -2.21. The van der Waals surface area contributed by atoms with E-state index in [9.17, 15) is 4.79 Å². The highest BCUT2D eigenvalue weighted by Crippen LogP contribution is 2.29. The second kappa shape index (κ2) is 7.06. The van der Waals surface area contributed by atoms with E-state index in [2.05, 4.69) is 15.6 Å². The number of fused-ring (bicyclic) bond motifs is 2. The summed E-state index contributed by atoms with van der Waals surface area (Å²) in [5.41, 5.74) is 0.704. The van der Waals surface area contributed by atoms with Crippen molar-refractivity contribution in [3.8, 4) is 5.75 Å². The van der Waals surface area contributed by atoms with Crippen LogP contribution in [0.25, 0.3) is 0 Å². The number of methoxy groups -OCH3 is 1. The lowest BCUT2D eigenvalue weighted by atomic mass is 9.95. The van der Waals surface area contributed by atoms with Crippen molar-refractivity contribution in [2.24, 2.45) is 0 Å². The molecule has 2 fully saturated rings. The molecule has 2 aromatic rings. The van der Waals surface area contributed by atoms with Gasteiger partial charge in [-0.15, -0.1) is 0 Å². The highest BCUT2D eigenvalue weighted by atomic mass is 32.2. The molecule has 0 radical (unpaired) electrons. The number of ether oxygens (including phenoxy) is 1. The van der Waals surface area contributed by atoms with Gasteiger partial charge in [0.25, 0.3) is 5.91 Å². The minimum Gasteiger partial charge on any atom is -0.495 e. The van der Waals surface area contributed by atoms with Crippen LogP contribution in [0, 0.1) is 0 Å². The van der Waals surface area contributed by atoms with E-state index in [1.807, 2.05) is 36.4 Å². The molecule has 0 spiro atoms. The minimum absolute atomic E-state index is 0.0125. The van der Waals surface area contributed by atoms with E-state index in [4.69, 9.17) is 4.74 Å². The quantitative estimate of drug-likeness (QED) is 0.863. The number of amides is 1. The van der Waals surface area contributed by atoms with Gasteiger partial charge in [0.1, 0.15) is 10.8 Å². The number of nitrogens with one attached hydrogen (secondary N) is 2. The molecule has 25 heavy (non-hydrogen) atoms. The fourth-order valence-corrected chi connectivity index (χ4v) is 4.33. The summed E-state index contributed by atoms with van der Waals surface area (Å²) in [5.74, 6) is 0.755. The van der Waals surface area contributed by atoms with Crippen LogP contribution in [-0.4, -0.2) is 36.1 Å². The average Bonchev–Trinajstić information content (AvgIpc) is 3.26. The number of pyridine rings is 1. The van der Waals surface area contributed by atoms with Gasteiger partial charge in [-0.05, 0) is 55.7 Å². The van der Waals surface area contributed by atoms with Crippen LogP contribution in [0.1, 0.15) is 29.6 Å². The Morgan fingerprint density at radius 1 is 1.24 bits per heavy atom. The lowest BCUT2D eigenvalue weighted by Crippen LogP contribution is -2.42. The first-order chi connectivity index (χ1) is 12.2. The van der Waals surface area contributed by atoms with E-state index < -0.39 is 0 Å². The highest BCUT2D eigenvalue weighted by Gasteiger charge is 2.39. The Morgan fingerprint density at radius 3 is 2.68 bits per heavy atom. The third-order valence-electron chi connectivity index (χ3n) is 4.90. The predicted molar refractivity (Wildman–Crippen MR) is 97.2 cm³/mol. The molecule has 3 heterocycles. The van der Waals surface area contributed by atoms with E-state index in [0.717, 1.165) is 22.1 Å². The fraction of sp³-hybridized carbons (Fsp3) is 0.368. The van der Waals surface area contributed by atoms with E-state index in [1.165, 1.54) is 12.8 Å². The van der Waals surface area contributed by atoms with Gasteiger partial charge in [0.05, 0.1) is 13.3 Å². The maximum Gasteiger partial charge on any atom is 0.251 e. The molecule has 3 atom stereocenters. The Balaban J connectivity index is 1.36. The Kier molecular flexibility index (Phi) is 4.63. The summed E-state index contributed by atoms with van der Waals surface area (Å²) in [6.45, 7) is 0. The van der Waals surface area contributed by atoms with E-state index in [1.54, 1.807) is 25.1 Å². The van der Waals surface area contributed by atoms with Crippen LogP contribution in [0.2, 0.25) is 0 Å². The smallest absolute Gasteiger partial charge is 0.251 e. The van der Waals surface area contributed by atoms with Crippen molar-refractivity contribution < 1.29 is 9.53 Å². The molecule has 1 aromatic heterocycles. The van der Waals surface area contributed by atoms with Gasteiger partial charge in [-0.2, -0.15) is 0 Å².